The lowest BCUT2D eigenvalue weighted by atomic mass is 9.89. The Balaban J connectivity index is 1.41. The Hall–Kier alpha value is -1.45. The minimum atomic E-state index is 0.771. The molecule has 2 fully saturated rings. The topological polar surface area (TPSA) is 19.4 Å². The van der Waals surface area contributed by atoms with Crippen LogP contribution in [0.2, 0.25) is 0 Å². The maximum atomic E-state index is 4.53. The molecule has 2 saturated heterocycles. The molecule has 0 radical (unpaired) electrons. The molecular formula is C22H31N3. The van der Waals surface area contributed by atoms with Crippen molar-refractivity contribution in [3.63, 3.8) is 0 Å². The van der Waals surface area contributed by atoms with Gasteiger partial charge in [0.1, 0.15) is 0 Å². The van der Waals surface area contributed by atoms with Gasteiger partial charge in [0.05, 0.1) is 5.52 Å². The molecule has 1 atom stereocenters. The van der Waals surface area contributed by atoms with E-state index in [0.29, 0.717) is 0 Å². The van der Waals surface area contributed by atoms with Crippen LogP contribution in [0.5, 0.6) is 0 Å². The van der Waals surface area contributed by atoms with Crippen LogP contribution in [0.15, 0.2) is 30.5 Å². The summed E-state index contributed by atoms with van der Waals surface area (Å²) in [5.74, 6) is 0.879. The molecule has 0 unspecified atom stereocenters. The molecule has 4 rings (SSSR count). The maximum absolute atomic E-state index is 4.53. The summed E-state index contributed by atoms with van der Waals surface area (Å²) in [5, 5.41) is 1.33. The largest absolute Gasteiger partial charge is 0.300 e. The lowest BCUT2D eigenvalue weighted by Crippen LogP contribution is -2.43. The number of aromatic nitrogens is 1. The highest BCUT2D eigenvalue weighted by Gasteiger charge is 2.29. The lowest BCUT2D eigenvalue weighted by molar-refractivity contribution is 0.108. The number of aryl methyl sites for hydroxylation is 1. The standard InChI is InChI=1S/C22H31N3/c1-17-7-8-22-20(6-5-11-23-22)21(17)16-24-14-9-19(10-15-24)18(2)25-12-3-4-13-25/h5-8,11,18-19H,3-4,9-10,12-16H2,1-2H3/t18-/m0/s1. The molecule has 3 heteroatoms. The van der Waals surface area contributed by atoms with Crippen LogP contribution in [0, 0.1) is 12.8 Å². The predicted octanol–water partition coefficient (Wildman–Crippen LogP) is 4.24. The summed E-state index contributed by atoms with van der Waals surface area (Å²) in [5.41, 5.74) is 3.99. The van der Waals surface area contributed by atoms with Crippen molar-refractivity contribution in [1.29, 1.82) is 0 Å². The molecule has 0 spiro atoms. The third kappa shape index (κ3) is 3.58. The average Bonchev–Trinajstić information content (AvgIpc) is 3.19. The third-order valence-corrected chi connectivity index (χ3v) is 6.54. The van der Waals surface area contributed by atoms with Crippen LogP contribution >= 0.6 is 0 Å². The number of piperidine rings is 1. The summed E-state index contributed by atoms with van der Waals surface area (Å²) in [4.78, 5) is 9.91. The van der Waals surface area contributed by atoms with E-state index >= 15 is 0 Å². The maximum Gasteiger partial charge on any atom is 0.0705 e. The zero-order valence-corrected chi connectivity index (χ0v) is 15.7. The molecule has 2 aromatic rings. The summed E-state index contributed by atoms with van der Waals surface area (Å²) in [6.07, 6.45) is 7.39. The number of hydrogen-bond acceptors (Lipinski definition) is 3. The number of nitrogens with zero attached hydrogens (tertiary/aromatic N) is 3. The second-order valence-electron chi connectivity index (χ2n) is 8.03. The minimum absolute atomic E-state index is 0.771. The minimum Gasteiger partial charge on any atom is -0.300 e. The normalized spacial score (nSPS) is 21.8. The van der Waals surface area contributed by atoms with Gasteiger partial charge in [-0.05, 0) is 94.9 Å². The number of likely N-dealkylation sites (tertiary alicyclic amines) is 2. The fourth-order valence-electron chi connectivity index (χ4n) is 4.80. The predicted molar refractivity (Wildman–Crippen MR) is 105 cm³/mol. The van der Waals surface area contributed by atoms with Crippen LogP contribution in [0.4, 0.5) is 0 Å². The van der Waals surface area contributed by atoms with Crippen molar-refractivity contribution < 1.29 is 0 Å². The summed E-state index contributed by atoms with van der Waals surface area (Å²) >= 11 is 0. The van der Waals surface area contributed by atoms with Crippen LogP contribution in [-0.2, 0) is 6.54 Å². The fourth-order valence-corrected chi connectivity index (χ4v) is 4.80. The molecule has 0 amide bonds. The number of pyridine rings is 1. The molecule has 2 aliphatic heterocycles. The van der Waals surface area contributed by atoms with Crippen LogP contribution in [0.25, 0.3) is 10.9 Å². The zero-order valence-electron chi connectivity index (χ0n) is 15.7. The highest BCUT2D eigenvalue weighted by molar-refractivity contribution is 5.83. The van der Waals surface area contributed by atoms with Crippen LogP contribution in [-0.4, -0.2) is 47.0 Å². The molecule has 0 bridgehead atoms. The van der Waals surface area contributed by atoms with Crippen molar-refractivity contribution in [3.8, 4) is 0 Å². The van der Waals surface area contributed by atoms with Crippen LogP contribution < -0.4 is 0 Å². The van der Waals surface area contributed by atoms with Gasteiger partial charge in [0.2, 0.25) is 0 Å². The van der Waals surface area contributed by atoms with Crippen molar-refractivity contribution in [3.05, 3.63) is 41.6 Å². The first kappa shape index (κ1) is 17.0. The second kappa shape index (κ2) is 7.43. The summed E-state index contributed by atoms with van der Waals surface area (Å²) < 4.78 is 0. The molecule has 25 heavy (non-hydrogen) atoms. The number of benzene rings is 1. The lowest BCUT2D eigenvalue weighted by Gasteiger charge is -2.38. The highest BCUT2D eigenvalue weighted by Crippen LogP contribution is 2.29. The van der Waals surface area contributed by atoms with Gasteiger partial charge in [-0.2, -0.15) is 0 Å². The van der Waals surface area contributed by atoms with E-state index in [1.54, 1.807) is 0 Å². The van der Waals surface area contributed by atoms with E-state index in [2.05, 4.69) is 52.9 Å². The molecule has 0 aliphatic carbocycles. The number of rotatable bonds is 4. The Kier molecular flexibility index (Phi) is 5.05. The van der Waals surface area contributed by atoms with E-state index in [4.69, 9.17) is 0 Å². The smallest absolute Gasteiger partial charge is 0.0705 e. The van der Waals surface area contributed by atoms with Crippen LogP contribution in [0.3, 0.4) is 0 Å². The first-order chi connectivity index (χ1) is 12.2. The van der Waals surface area contributed by atoms with Gasteiger partial charge >= 0.3 is 0 Å². The third-order valence-electron chi connectivity index (χ3n) is 6.54. The molecular weight excluding hydrogens is 306 g/mol. The van der Waals surface area contributed by atoms with E-state index in [1.165, 1.54) is 68.4 Å². The molecule has 0 N–H and O–H groups in total. The number of fused-ring (bicyclic) bond motifs is 1. The van der Waals surface area contributed by atoms with Gasteiger partial charge < -0.3 is 4.90 Å². The zero-order chi connectivity index (χ0) is 17.2. The van der Waals surface area contributed by atoms with E-state index in [1.807, 2.05) is 6.20 Å². The van der Waals surface area contributed by atoms with Gasteiger partial charge in [0.15, 0.2) is 0 Å². The van der Waals surface area contributed by atoms with Crippen molar-refractivity contribution in [1.82, 2.24) is 14.8 Å². The van der Waals surface area contributed by atoms with E-state index in [9.17, 15) is 0 Å². The Bertz CT molecular complexity index is 712. The Morgan fingerprint density at radius 1 is 1.08 bits per heavy atom. The van der Waals surface area contributed by atoms with Crippen molar-refractivity contribution in [2.24, 2.45) is 5.92 Å². The Morgan fingerprint density at radius 3 is 2.60 bits per heavy atom. The molecule has 1 aromatic carbocycles. The van der Waals surface area contributed by atoms with E-state index < -0.39 is 0 Å². The first-order valence-corrected chi connectivity index (χ1v) is 10.0. The monoisotopic (exact) mass is 337 g/mol. The van der Waals surface area contributed by atoms with Crippen molar-refractivity contribution in [2.75, 3.05) is 26.2 Å². The Labute approximate surface area is 152 Å². The van der Waals surface area contributed by atoms with E-state index in [-0.39, 0.29) is 0 Å². The van der Waals surface area contributed by atoms with Gasteiger partial charge in [0, 0.05) is 24.2 Å². The first-order valence-electron chi connectivity index (χ1n) is 10.0. The van der Waals surface area contributed by atoms with Gasteiger partial charge in [-0.3, -0.25) is 9.88 Å². The SMILES string of the molecule is Cc1ccc2ncccc2c1CN1CCC([C@H](C)N2CCCC2)CC1. The Morgan fingerprint density at radius 2 is 1.84 bits per heavy atom. The molecule has 134 valence electrons. The summed E-state index contributed by atoms with van der Waals surface area (Å²) in [7, 11) is 0. The van der Waals surface area contributed by atoms with Crippen molar-refractivity contribution >= 4 is 10.9 Å². The van der Waals surface area contributed by atoms with Gasteiger partial charge in [-0.15, -0.1) is 0 Å². The highest BCUT2D eigenvalue weighted by atomic mass is 15.2. The number of hydrogen-bond donors (Lipinski definition) is 0. The van der Waals surface area contributed by atoms with E-state index in [0.717, 1.165) is 24.0 Å². The average molecular weight is 338 g/mol. The molecule has 3 nitrogen and oxygen atoms in total. The van der Waals surface area contributed by atoms with Gasteiger partial charge in [-0.1, -0.05) is 12.1 Å². The second-order valence-corrected chi connectivity index (χ2v) is 8.03. The summed E-state index contributed by atoms with van der Waals surface area (Å²) in [6, 6.07) is 9.45. The summed E-state index contributed by atoms with van der Waals surface area (Å²) in [6.45, 7) is 10.9. The molecule has 1 aromatic heterocycles. The molecule has 0 saturated carbocycles. The van der Waals surface area contributed by atoms with Gasteiger partial charge in [0.25, 0.3) is 0 Å². The quantitative estimate of drug-likeness (QED) is 0.832. The fraction of sp³-hybridized carbons (Fsp3) is 0.591. The molecule has 3 heterocycles. The van der Waals surface area contributed by atoms with Gasteiger partial charge in [-0.25, -0.2) is 0 Å². The van der Waals surface area contributed by atoms with Crippen molar-refractivity contribution in [2.45, 2.75) is 52.1 Å². The molecule has 2 aliphatic rings. The van der Waals surface area contributed by atoms with Crippen LogP contribution in [0.1, 0.15) is 43.7 Å².